The molecule has 6 aromatic carbocycles. The molecule has 0 unspecified atom stereocenters. The van der Waals surface area contributed by atoms with Crippen molar-refractivity contribution in [2.45, 2.75) is 0 Å². The third-order valence-corrected chi connectivity index (χ3v) is 10.8. The minimum absolute atomic E-state index is 0.858. The molecule has 0 saturated heterocycles. The third kappa shape index (κ3) is 3.35. The summed E-state index contributed by atoms with van der Waals surface area (Å²) in [7, 11) is 0. The normalized spacial score (nSPS) is 12.2. The second-order valence-corrected chi connectivity index (χ2v) is 13.1. The van der Waals surface area contributed by atoms with Gasteiger partial charge >= 0.3 is 0 Å². The second-order valence-electron chi connectivity index (χ2n) is 11.0. The number of fused-ring (bicyclic) bond motifs is 10. The first-order valence-corrected chi connectivity index (χ1v) is 16.0. The molecule has 10 aromatic rings. The van der Waals surface area contributed by atoms with Gasteiger partial charge < -0.3 is 0 Å². The maximum atomic E-state index is 5.51. The van der Waals surface area contributed by atoms with Crippen molar-refractivity contribution in [2.75, 3.05) is 0 Å². The molecule has 0 spiro atoms. The molecule has 0 aliphatic rings. The molecular weight excluding hydrogens is 563 g/mol. The predicted octanol–water partition coefficient (Wildman–Crippen LogP) is 11.1. The van der Waals surface area contributed by atoms with Gasteiger partial charge in [-0.1, -0.05) is 84.9 Å². The zero-order valence-corrected chi connectivity index (χ0v) is 24.4. The predicted molar refractivity (Wildman–Crippen MR) is 185 cm³/mol. The van der Waals surface area contributed by atoms with Crippen LogP contribution in [-0.2, 0) is 0 Å². The van der Waals surface area contributed by atoms with E-state index in [1.807, 2.05) is 11.3 Å². The van der Waals surface area contributed by atoms with Crippen LogP contribution in [0.4, 0.5) is 0 Å². The van der Waals surface area contributed by atoms with Crippen molar-refractivity contribution >= 4 is 95.9 Å². The van der Waals surface area contributed by atoms with Crippen LogP contribution in [-0.4, -0.2) is 14.5 Å². The summed E-state index contributed by atoms with van der Waals surface area (Å²) >= 11 is 3.55. The lowest BCUT2D eigenvalue weighted by Crippen LogP contribution is -2.03. The quantitative estimate of drug-likeness (QED) is 0.203. The zero-order chi connectivity index (χ0) is 28.1. The SMILES string of the molecule is c1ccc2cc3c(cc2c1)c1ccccc1n3-c1nc2c(nc1-c1ccc3sc4ccccc4c3c1)sc1ccccc12. The molecular formula is C38H21N3S2. The molecule has 0 saturated carbocycles. The van der Waals surface area contributed by atoms with Gasteiger partial charge in [0.05, 0.1) is 11.0 Å². The summed E-state index contributed by atoms with van der Waals surface area (Å²) in [6, 6.07) is 45.8. The van der Waals surface area contributed by atoms with Crippen LogP contribution in [0.15, 0.2) is 127 Å². The molecule has 10 rings (SSSR count). The third-order valence-electron chi connectivity index (χ3n) is 8.60. The number of nitrogens with zero attached hydrogens (tertiary/aromatic N) is 3. The highest BCUT2D eigenvalue weighted by Gasteiger charge is 2.22. The van der Waals surface area contributed by atoms with Crippen molar-refractivity contribution in [3.63, 3.8) is 0 Å². The summed E-state index contributed by atoms with van der Waals surface area (Å²) in [5.74, 6) is 0.858. The molecule has 4 heterocycles. The van der Waals surface area contributed by atoms with Crippen LogP contribution in [0.1, 0.15) is 0 Å². The summed E-state index contributed by atoms with van der Waals surface area (Å²) in [6.45, 7) is 0. The number of hydrogen-bond donors (Lipinski definition) is 0. The fourth-order valence-corrected chi connectivity index (χ4v) is 8.72. The van der Waals surface area contributed by atoms with Crippen molar-refractivity contribution in [2.24, 2.45) is 0 Å². The molecule has 0 amide bonds. The Morgan fingerprint density at radius 2 is 1.14 bits per heavy atom. The highest BCUT2D eigenvalue weighted by Crippen LogP contribution is 2.42. The van der Waals surface area contributed by atoms with Crippen LogP contribution < -0.4 is 0 Å². The topological polar surface area (TPSA) is 30.7 Å². The van der Waals surface area contributed by atoms with Gasteiger partial charge in [0.25, 0.3) is 0 Å². The van der Waals surface area contributed by atoms with E-state index in [1.54, 1.807) is 11.3 Å². The molecule has 0 bridgehead atoms. The van der Waals surface area contributed by atoms with E-state index in [4.69, 9.17) is 9.97 Å². The van der Waals surface area contributed by atoms with E-state index in [2.05, 4.69) is 132 Å². The smallest absolute Gasteiger partial charge is 0.165 e. The maximum Gasteiger partial charge on any atom is 0.165 e. The van der Waals surface area contributed by atoms with E-state index >= 15 is 0 Å². The van der Waals surface area contributed by atoms with Gasteiger partial charge in [0.2, 0.25) is 0 Å². The first-order chi connectivity index (χ1) is 21.3. The largest absolute Gasteiger partial charge is 0.292 e. The van der Waals surface area contributed by atoms with Gasteiger partial charge in [-0.15, -0.1) is 22.7 Å². The number of rotatable bonds is 2. The Hall–Kier alpha value is -5.10. The Morgan fingerprint density at radius 3 is 2.00 bits per heavy atom. The van der Waals surface area contributed by atoms with E-state index in [1.165, 1.54) is 46.4 Å². The Bertz CT molecular complexity index is 2750. The lowest BCUT2D eigenvalue weighted by atomic mass is 10.1. The number of para-hydroxylation sites is 1. The average molecular weight is 584 g/mol. The second kappa shape index (κ2) is 8.71. The summed E-state index contributed by atoms with van der Waals surface area (Å²) in [4.78, 5) is 11.9. The first kappa shape index (κ1) is 23.5. The monoisotopic (exact) mass is 583 g/mol. The summed E-state index contributed by atoms with van der Waals surface area (Å²) in [5.41, 5.74) is 5.19. The lowest BCUT2D eigenvalue weighted by Gasteiger charge is -2.13. The van der Waals surface area contributed by atoms with Gasteiger partial charge in [-0.05, 0) is 53.2 Å². The van der Waals surface area contributed by atoms with Crippen LogP contribution in [0.25, 0.3) is 90.3 Å². The van der Waals surface area contributed by atoms with E-state index in [0.717, 1.165) is 43.8 Å². The number of benzene rings is 6. The molecule has 0 atom stereocenters. The fourth-order valence-electron chi connectivity index (χ4n) is 6.62. The average Bonchev–Trinajstić information content (AvgIpc) is 3.71. The highest BCUT2D eigenvalue weighted by atomic mass is 32.1. The number of aromatic nitrogens is 3. The molecule has 5 heteroatoms. The van der Waals surface area contributed by atoms with Crippen molar-refractivity contribution in [3.05, 3.63) is 127 Å². The minimum Gasteiger partial charge on any atom is -0.292 e. The van der Waals surface area contributed by atoms with Gasteiger partial charge in [-0.3, -0.25) is 4.57 Å². The standard InChI is InChI=1S/C38H21N3S2/c1-2-10-23-21-31-28(19-22(23)9-1)25-11-3-6-14-30(25)41(31)37-35(40-38-36(39-37)27-13-5-8-16-33(27)43-38)24-17-18-34-29(20-24)26-12-4-7-15-32(26)42-34/h1-21H. The van der Waals surface area contributed by atoms with Crippen molar-refractivity contribution in [3.8, 4) is 17.1 Å². The van der Waals surface area contributed by atoms with Crippen molar-refractivity contribution < 1.29 is 0 Å². The van der Waals surface area contributed by atoms with Gasteiger partial charge in [0.15, 0.2) is 5.82 Å². The highest BCUT2D eigenvalue weighted by molar-refractivity contribution is 7.26. The van der Waals surface area contributed by atoms with Crippen LogP contribution >= 0.6 is 22.7 Å². The minimum atomic E-state index is 0.858. The lowest BCUT2D eigenvalue weighted by molar-refractivity contribution is 1.09. The molecule has 43 heavy (non-hydrogen) atoms. The first-order valence-electron chi connectivity index (χ1n) is 14.3. The number of hydrogen-bond acceptors (Lipinski definition) is 4. The molecule has 4 aromatic heterocycles. The zero-order valence-electron chi connectivity index (χ0n) is 22.8. The van der Waals surface area contributed by atoms with E-state index in [0.29, 0.717) is 0 Å². The number of thiophene rings is 2. The van der Waals surface area contributed by atoms with Crippen LogP contribution in [0, 0.1) is 0 Å². The summed E-state index contributed by atoms with van der Waals surface area (Å²) in [6.07, 6.45) is 0. The maximum absolute atomic E-state index is 5.51. The molecule has 0 aliphatic heterocycles. The van der Waals surface area contributed by atoms with Crippen LogP contribution in [0.5, 0.6) is 0 Å². The molecule has 0 radical (unpaired) electrons. The molecule has 0 fully saturated rings. The summed E-state index contributed by atoms with van der Waals surface area (Å²) in [5, 5.41) is 8.57. The fraction of sp³-hybridized carbons (Fsp3) is 0. The molecule has 3 nitrogen and oxygen atoms in total. The van der Waals surface area contributed by atoms with Crippen LogP contribution in [0.2, 0.25) is 0 Å². The van der Waals surface area contributed by atoms with E-state index < -0.39 is 0 Å². The van der Waals surface area contributed by atoms with Gasteiger partial charge in [-0.25, -0.2) is 9.97 Å². The van der Waals surface area contributed by atoms with Gasteiger partial charge in [0, 0.05) is 46.6 Å². The Balaban J connectivity index is 1.37. The Morgan fingerprint density at radius 1 is 0.465 bits per heavy atom. The van der Waals surface area contributed by atoms with Crippen molar-refractivity contribution in [1.82, 2.24) is 14.5 Å². The molecule has 200 valence electrons. The van der Waals surface area contributed by atoms with E-state index in [-0.39, 0.29) is 0 Å². The molecule has 0 aliphatic carbocycles. The Kier molecular flexibility index (Phi) is 4.75. The van der Waals surface area contributed by atoms with Gasteiger partial charge in [0.1, 0.15) is 16.0 Å². The van der Waals surface area contributed by atoms with Crippen molar-refractivity contribution in [1.29, 1.82) is 0 Å². The van der Waals surface area contributed by atoms with Crippen LogP contribution in [0.3, 0.4) is 0 Å². The van der Waals surface area contributed by atoms with Gasteiger partial charge in [-0.2, -0.15) is 0 Å². The Labute approximate surface area is 253 Å². The van der Waals surface area contributed by atoms with E-state index in [9.17, 15) is 0 Å². The summed E-state index contributed by atoms with van der Waals surface area (Å²) < 4.78 is 6.12. The molecule has 0 N–H and O–H groups in total.